The number of nitrogens with one attached hydrogen (secondary N) is 1. The summed E-state index contributed by atoms with van der Waals surface area (Å²) in [4.78, 5) is 21.9. The molecule has 1 heterocycles. The average molecular weight is 365 g/mol. The number of unbranched alkanes of at least 4 members (excludes halogenated alkanes) is 1. The Hall–Kier alpha value is -2.19. The number of aliphatic hydroxyl groups is 1. The Labute approximate surface area is 152 Å². The fraction of sp³-hybridized carbons (Fsp3) is 0.611. The Kier molecular flexibility index (Phi) is 6.20. The van der Waals surface area contributed by atoms with Crippen molar-refractivity contribution < 1.29 is 19.6 Å². The van der Waals surface area contributed by atoms with Gasteiger partial charge in [0.1, 0.15) is 28.9 Å². The summed E-state index contributed by atoms with van der Waals surface area (Å²) in [6, 6.07) is 2.34. The molecule has 8 nitrogen and oxygen atoms in total. The number of nitrogens with zero attached hydrogens (tertiary/aromatic N) is 1. The summed E-state index contributed by atoms with van der Waals surface area (Å²) in [5.74, 6) is 0.586. The van der Waals surface area contributed by atoms with Crippen molar-refractivity contribution in [3.05, 3.63) is 27.8 Å². The van der Waals surface area contributed by atoms with Crippen molar-refractivity contribution in [3.8, 4) is 5.75 Å². The van der Waals surface area contributed by atoms with E-state index in [9.17, 15) is 20.0 Å². The number of carbonyl (C=O) groups excluding carboxylic acids is 1. The van der Waals surface area contributed by atoms with Crippen LogP contribution in [0, 0.1) is 10.1 Å². The molecule has 144 valence electrons. The number of rotatable bonds is 8. The summed E-state index contributed by atoms with van der Waals surface area (Å²) in [5, 5.41) is 25.1. The van der Waals surface area contributed by atoms with E-state index in [4.69, 9.17) is 10.5 Å². The van der Waals surface area contributed by atoms with Gasteiger partial charge in [-0.25, -0.2) is 0 Å². The molecule has 26 heavy (non-hydrogen) atoms. The predicted molar refractivity (Wildman–Crippen MR) is 98.1 cm³/mol. The van der Waals surface area contributed by atoms with Gasteiger partial charge in [0.2, 0.25) is 0 Å². The Morgan fingerprint density at radius 2 is 2.12 bits per heavy atom. The third-order valence-corrected chi connectivity index (χ3v) is 4.73. The van der Waals surface area contributed by atoms with Gasteiger partial charge in [-0.1, -0.05) is 6.92 Å². The van der Waals surface area contributed by atoms with Crippen LogP contribution in [-0.4, -0.2) is 34.1 Å². The highest BCUT2D eigenvalue weighted by Gasteiger charge is 2.43. The summed E-state index contributed by atoms with van der Waals surface area (Å²) in [6.45, 7) is 5.92. The quantitative estimate of drug-likeness (QED) is 0.279. The maximum absolute atomic E-state index is 11.4. The average Bonchev–Trinajstić information content (AvgIpc) is 2.57. The second-order valence-corrected chi connectivity index (χ2v) is 7.14. The van der Waals surface area contributed by atoms with Crippen LogP contribution in [-0.2, 0) is 4.79 Å². The van der Waals surface area contributed by atoms with Gasteiger partial charge in [-0.3, -0.25) is 14.9 Å². The number of carbonyl (C=O) groups is 1. The topological polar surface area (TPSA) is 128 Å². The van der Waals surface area contributed by atoms with Crippen LogP contribution >= 0.6 is 0 Å². The highest BCUT2D eigenvalue weighted by atomic mass is 16.6. The molecular formula is C18H27N3O5. The van der Waals surface area contributed by atoms with E-state index in [1.54, 1.807) is 13.8 Å². The van der Waals surface area contributed by atoms with Crippen LogP contribution in [0.3, 0.4) is 0 Å². The van der Waals surface area contributed by atoms with Gasteiger partial charge in [0.05, 0.1) is 17.0 Å². The number of fused-ring (bicyclic) bond motifs is 1. The molecule has 1 aromatic rings. The van der Waals surface area contributed by atoms with Crippen molar-refractivity contribution >= 4 is 17.2 Å². The summed E-state index contributed by atoms with van der Waals surface area (Å²) in [5.41, 5.74) is 5.31. The van der Waals surface area contributed by atoms with E-state index in [1.807, 2.05) is 6.92 Å². The molecule has 1 aliphatic rings. The van der Waals surface area contributed by atoms with Crippen molar-refractivity contribution in [2.45, 2.75) is 64.2 Å². The Morgan fingerprint density at radius 3 is 2.73 bits per heavy atom. The minimum atomic E-state index is -0.910. The zero-order chi connectivity index (χ0) is 19.5. The first-order valence-electron chi connectivity index (χ1n) is 8.87. The number of Topliss-reactive ketones (excluding diaryl/α,β-unsaturated/α-hetero) is 1. The smallest absolute Gasteiger partial charge is 0.295 e. The van der Waals surface area contributed by atoms with E-state index in [2.05, 4.69) is 5.32 Å². The second-order valence-electron chi connectivity index (χ2n) is 7.14. The van der Waals surface area contributed by atoms with Gasteiger partial charge >= 0.3 is 0 Å². The molecule has 0 saturated carbocycles. The number of nitrogens with two attached hydrogens (primary N) is 1. The first-order chi connectivity index (χ1) is 12.2. The standard InChI is InChI=1S/C18H27N3O5/c1-4-11(22)7-5-6-8-20-16-12-9-13(19)14(21(24)25)10-15(12)26-18(2,3)17(16)23/h9-10,16-17,20,23H,4-8,19H2,1-3H3. The zero-order valence-corrected chi connectivity index (χ0v) is 15.4. The van der Waals surface area contributed by atoms with Gasteiger partial charge in [-0.2, -0.15) is 0 Å². The fourth-order valence-electron chi connectivity index (χ4n) is 3.11. The zero-order valence-electron chi connectivity index (χ0n) is 15.4. The Bertz CT molecular complexity index is 690. The summed E-state index contributed by atoms with van der Waals surface area (Å²) >= 11 is 0. The highest BCUT2D eigenvalue weighted by Crippen LogP contribution is 2.43. The largest absolute Gasteiger partial charge is 0.484 e. The number of hydrogen-bond acceptors (Lipinski definition) is 7. The lowest BCUT2D eigenvalue weighted by Gasteiger charge is -2.42. The van der Waals surface area contributed by atoms with Crippen molar-refractivity contribution in [3.63, 3.8) is 0 Å². The molecule has 0 aliphatic carbocycles. The van der Waals surface area contributed by atoms with Crippen molar-refractivity contribution in [1.82, 2.24) is 5.32 Å². The van der Waals surface area contributed by atoms with Crippen LogP contribution in [0.2, 0.25) is 0 Å². The van der Waals surface area contributed by atoms with Crippen LogP contribution in [0.15, 0.2) is 12.1 Å². The molecule has 0 amide bonds. The van der Waals surface area contributed by atoms with Crippen LogP contribution in [0.1, 0.15) is 58.1 Å². The van der Waals surface area contributed by atoms with Crippen LogP contribution in [0.4, 0.5) is 11.4 Å². The predicted octanol–water partition coefficient (Wildman–Crippen LogP) is 2.49. The SMILES string of the molecule is CCC(=O)CCCCNC1c2cc(N)c([N+](=O)[O-])cc2OC(C)(C)C1O. The van der Waals surface area contributed by atoms with Gasteiger partial charge in [0.25, 0.3) is 5.69 Å². The summed E-state index contributed by atoms with van der Waals surface area (Å²) in [6.07, 6.45) is 1.81. The minimum Gasteiger partial charge on any atom is -0.484 e. The number of anilines is 1. The Morgan fingerprint density at radius 1 is 1.42 bits per heavy atom. The van der Waals surface area contributed by atoms with Crippen LogP contribution in [0.5, 0.6) is 5.75 Å². The van der Waals surface area contributed by atoms with E-state index < -0.39 is 22.7 Å². The number of aliphatic hydroxyl groups excluding tert-OH is 1. The van der Waals surface area contributed by atoms with Crippen molar-refractivity contribution in [2.75, 3.05) is 12.3 Å². The van der Waals surface area contributed by atoms with Crippen molar-refractivity contribution in [2.24, 2.45) is 0 Å². The van der Waals surface area contributed by atoms with E-state index >= 15 is 0 Å². The molecular weight excluding hydrogens is 338 g/mol. The van der Waals surface area contributed by atoms with Crippen LogP contribution < -0.4 is 15.8 Å². The Balaban J connectivity index is 2.16. The molecule has 0 spiro atoms. The lowest BCUT2D eigenvalue weighted by Crippen LogP contribution is -2.52. The highest BCUT2D eigenvalue weighted by molar-refractivity contribution is 5.77. The molecule has 2 atom stereocenters. The molecule has 2 unspecified atom stereocenters. The van der Waals surface area contributed by atoms with E-state index in [0.29, 0.717) is 30.7 Å². The third kappa shape index (κ3) is 4.31. The molecule has 0 saturated heterocycles. The molecule has 8 heteroatoms. The molecule has 4 N–H and O–H groups in total. The van der Waals surface area contributed by atoms with Gasteiger partial charge in [-0.05, 0) is 39.3 Å². The molecule has 0 bridgehead atoms. The monoisotopic (exact) mass is 365 g/mol. The van der Waals surface area contributed by atoms with Gasteiger partial charge in [0.15, 0.2) is 0 Å². The molecule has 0 fully saturated rings. The molecule has 1 aliphatic heterocycles. The van der Waals surface area contributed by atoms with E-state index in [-0.39, 0.29) is 17.2 Å². The van der Waals surface area contributed by atoms with Gasteiger partial charge in [0, 0.05) is 18.4 Å². The first-order valence-corrected chi connectivity index (χ1v) is 8.87. The lowest BCUT2D eigenvalue weighted by molar-refractivity contribution is -0.384. The second kappa shape index (κ2) is 8.01. The molecule has 0 radical (unpaired) electrons. The number of nitro groups is 1. The summed E-state index contributed by atoms with van der Waals surface area (Å²) < 4.78 is 5.79. The normalized spacial score (nSPS) is 20.9. The van der Waals surface area contributed by atoms with Crippen LogP contribution in [0.25, 0.3) is 0 Å². The number of ether oxygens (including phenoxy) is 1. The van der Waals surface area contributed by atoms with Gasteiger partial charge < -0.3 is 20.9 Å². The molecule has 0 aromatic heterocycles. The number of ketones is 1. The third-order valence-electron chi connectivity index (χ3n) is 4.73. The fourth-order valence-corrected chi connectivity index (χ4v) is 3.11. The minimum absolute atomic E-state index is 0.0320. The molecule has 2 rings (SSSR count). The van der Waals surface area contributed by atoms with Gasteiger partial charge in [-0.15, -0.1) is 0 Å². The lowest BCUT2D eigenvalue weighted by atomic mass is 9.86. The number of nitrogen functional groups attached to an aromatic ring is 1. The van der Waals surface area contributed by atoms with E-state index in [0.717, 1.165) is 12.8 Å². The number of benzene rings is 1. The molecule has 1 aromatic carbocycles. The number of nitro benzene ring substituents is 1. The maximum atomic E-state index is 11.4. The number of hydrogen-bond donors (Lipinski definition) is 3. The first kappa shape index (κ1) is 20.1. The van der Waals surface area contributed by atoms with Crippen molar-refractivity contribution in [1.29, 1.82) is 0 Å². The maximum Gasteiger partial charge on any atom is 0.295 e. The summed E-state index contributed by atoms with van der Waals surface area (Å²) in [7, 11) is 0. The van der Waals surface area contributed by atoms with E-state index in [1.165, 1.54) is 12.1 Å².